The third-order valence-electron chi connectivity index (χ3n) is 2.15. The van der Waals surface area contributed by atoms with E-state index >= 15 is 0 Å². The van der Waals surface area contributed by atoms with Crippen molar-refractivity contribution < 1.29 is 26.5 Å². The standard InChI is InChI=1S/C9H15NO6S/c1-2-3-4-7-15-17(13,14)16-10-8(11)5-6-9(10)12/h2-7H2,1H3. The fraction of sp³-hybridized carbons (Fsp3) is 0.778. The van der Waals surface area contributed by atoms with Gasteiger partial charge in [0, 0.05) is 12.8 Å². The van der Waals surface area contributed by atoms with Crippen molar-refractivity contribution >= 4 is 22.2 Å². The van der Waals surface area contributed by atoms with E-state index in [4.69, 9.17) is 0 Å². The predicted molar refractivity (Wildman–Crippen MR) is 56.6 cm³/mol. The molecule has 0 unspecified atom stereocenters. The van der Waals surface area contributed by atoms with Crippen LogP contribution in [0, 0.1) is 0 Å². The van der Waals surface area contributed by atoms with Gasteiger partial charge in [0.1, 0.15) is 0 Å². The number of hydrogen-bond acceptors (Lipinski definition) is 6. The Balaban J connectivity index is 2.43. The van der Waals surface area contributed by atoms with E-state index in [9.17, 15) is 18.0 Å². The van der Waals surface area contributed by atoms with Gasteiger partial charge in [-0.3, -0.25) is 9.59 Å². The maximum Gasteiger partial charge on any atom is 0.421 e. The van der Waals surface area contributed by atoms with Crippen molar-refractivity contribution in [2.75, 3.05) is 6.61 Å². The minimum atomic E-state index is -4.33. The van der Waals surface area contributed by atoms with Crippen LogP contribution >= 0.6 is 0 Å². The van der Waals surface area contributed by atoms with Gasteiger partial charge in [-0.05, 0) is 6.42 Å². The Kier molecular flexibility index (Phi) is 5.03. The molecule has 1 fully saturated rings. The van der Waals surface area contributed by atoms with Gasteiger partial charge < -0.3 is 0 Å². The second kappa shape index (κ2) is 6.08. The van der Waals surface area contributed by atoms with Gasteiger partial charge in [-0.1, -0.05) is 19.8 Å². The van der Waals surface area contributed by atoms with Crippen molar-refractivity contribution in [1.82, 2.24) is 5.06 Å². The highest BCUT2D eigenvalue weighted by Crippen LogP contribution is 2.15. The summed E-state index contributed by atoms with van der Waals surface area (Å²) in [5.41, 5.74) is 0. The van der Waals surface area contributed by atoms with Crippen LogP contribution in [0.1, 0.15) is 39.0 Å². The summed E-state index contributed by atoms with van der Waals surface area (Å²) in [6, 6.07) is 0. The summed E-state index contributed by atoms with van der Waals surface area (Å²) < 4.78 is 31.3. The number of imide groups is 1. The molecule has 1 aliphatic rings. The van der Waals surface area contributed by atoms with Crippen molar-refractivity contribution in [2.24, 2.45) is 0 Å². The molecule has 8 heteroatoms. The smallest absolute Gasteiger partial charge is 0.272 e. The topological polar surface area (TPSA) is 90.0 Å². The van der Waals surface area contributed by atoms with Crippen molar-refractivity contribution in [2.45, 2.75) is 39.0 Å². The lowest BCUT2D eigenvalue weighted by Crippen LogP contribution is -2.32. The number of nitrogens with zero attached hydrogens (tertiary/aromatic N) is 1. The minimum absolute atomic E-state index is 0.0214. The molecule has 0 atom stereocenters. The maximum absolute atomic E-state index is 11.3. The van der Waals surface area contributed by atoms with E-state index in [0.717, 1.165) is 12.8 Å². The molecule has 1 rings (SSSR count). The van der Waals surface area contributed by atoms with Crippen molar-refractivity contribution in [3.05, 3.63) is 0 Å². The molecule has 0 bridgehead atoms. The van der Waals surface area contributed by atoms with E-state index in [1.807, 2.05) is 6.92 Å². The fourth-order valence-corrected chi connectivity index (χ4v) is 1.98. The first-order valence-corrected chi connectivity index (χ1v) is 6.74. The van der Waals surface area contributed by atoms with Gasteiger partial charge in [-0.15, -0.1) is 9.35 Å². The highest BCUT2D eigenvalue weighted by molar-refractivity contribution is 7.81. The highest BCUT2D eigenvalue weighted by atomic mass is 32.3. The van der Waals surface area contributed by atoms with E-state index in [1.54, 1.807) is 0 Å². The van der Waals surface area contributed by atoms with Crippen LogP contribution in [0.15, 0.2) is 0 Å². The van der Waals surface area contributed by atoms with Crippen LogP contribution in [0.5, 0.6) is 0 Å². The lowest BCUT2D eigenvalue weighted by molar-refractivity contribution is -0.165. The molecule has 7 nitrogen and oxygen atoms in total. The molecule has 1 heterocycles. The van der Waals surface area contributed by atoms with Crippen molar-refractivity contribution in [3.8, 4) is 0 Å². The van der Waals surface area contributed by atoms with E-state index in [2.05, 4.69) is 8.47 Å². The third-order valence-corrected chi connectivity index (χ3v) is 2.93. The zero-order chi connectivity index (χ0) is 12.9. The molecule has 0 saturated carbocycles. The average molecular weight is 265 g/mol. The summed E-state index contributed by atoms with van der Waals surface area (Å²) in [5.74, 6) is -1.34. The summed E-state index contributed by atoms with van der Waals surface area (Å²) in [4.78, 5) is 22.2. The number of amides is 2. The van der Waals surface area contributed by atoms with E-state index in [1.165, 1.54) is 0 Å². The largest absolute Gasteiger partial charge is 0.421 e. The van der Waals surface area contributed by atoms with Gasteiger partial charge >= 0.3 is 10.4 Å². The summed E-state index contributed by atoms with van der Waals surface area (Å²) >= 11 is 0. The molecule has 0 aromatic heterocycles. The molecular weight excluding hydrogens is 250 g/mol. The van der Waals surface area contributed by atoms with Gasteiger partial charge in [0.15, 0.2) is 0 Å². The summed E-state index contributed by atoms with van der Waals surface area (Å²) in [7, 11) is -4.33. The van der Waals surface area contributed by atoms with Gasteiger partial charge in [-0.25, -0.2) is 4.18 Å². The molecule has 0 spiro atoms. The molecule has 1 saturated heterocycles. The fourth-order valence-electron chi connectivity index (χ4n) is 1.27. The molecule has 1 aliphatic heterocycles. The van der Waals surface area contributed by atoms with Crippen LogP contribution in [0.2, 0.25) is 0 Å². The molecule has 0 aliphatic carbocycles. The molecular formula is C9H15NO6S. The zero-order valence-electron chi connectivity index (χ0n) is 9.55. The highest BCUT2D eigenvalue weighted by Gasteiger charge is 2.34. The van der Waals surface area contributed by atoms with E-state index in [-0.39, 0.29) is 24.5 Å². The first-order valence-electron chi connectivity index (χ1n) is 5.41. The monoisotopic (exact) mass is 265 g/mol. The Morgan fingerprint density at radius 2 is 1.76 bits per heavy atom. The Morgan fingerprint density at radius 1 is 1.18 bits per heavy atom. The molecule has 0 aromatic rings. The summed E-state index contributed by atoms with van der Waals surface area (Å²) in [6.45, 7) is 1.94. The van der Waals surface area contributed by atoms with Crippen LogP contribution in [-0.4, -0.2) is 31.9 Å². The lowest BCUT2D eigenvalue weighted by atomic mass is 10.3. The number of carbonyl (C=O) groups is 2. The van der Waals surface area contributed by atoms with Gasteiger partial charge in [0.2, 0.25) is 0 Å². The third kappa shape index (κ3) is 4.41. The summed E-state index contributed by atoms with van der Waals surface area (Å²) in [5, 5.41) is 0.245. The number of hydrogen-bond donors (Lipinski definition) is 0. The van der Waals surface area contributed by atoms with Gasteiger partial charge in [0.25, 0.3) is 11.8 Å². The average Bonchev–Trinajstić information content (AvgIpc) is 2.56. The van der Waals surface area contributed by atoms with Crippen LogP contribution in [-0.2, 0) is 28.5 Å². The second-order valence-electron chi connectivity index (χ2n) is 3.59. The van der Waals surface area contributed by atoms with Crippen LogP contribution in [0.4, 0.5) is 0 Å². The van der Waals surface area contributed by atoms with Crippen molar-refractivity contribution in [1.29, 1.82) is 0 Å². The van der Waals surface area contributed by atoms with Crippen molar-refractivity contribution in [3.63, 3.8) is 0 Å². The van der Waals surface area contributed by atoms with Gasteiger partial charge in [0.05, 0.1) is 6.61 Å². The number of hydroxylamine groups is 2. The normalized spacial score (nSPS) is 16.9. The Morgan fingerprint density at radius 3 is 2.29 bits per heavy atom. The second-order valence-corrected chi connectivity index (χ2v) is 4.79. The Labute approximate surface area is 100.0 Å². The number of unbranched alkanes of at least 4 members (excludes halogenated alkanes) is 2. The predicted octanol–water partition coefficient (Wildman–Crippen LogP) is 0.519. The number of carbonyl (C=O) groups excluding carboxylic acids is 2. The van der Waals surface area contributed by atoms with Crippen LogP contribution < -0.4 is 0 Å². The quantitative estimate of drug-likeness (QED) is 0.492. The molecule has 0 N–H and O–H groups in total. The maximum atomic E-state index is 11.3. The molecule has 0 aromatic carbocycles. The van der Waals surface area contributed by atoms with Crippen LogP contribution in [0.3, 0.4) is 0 Å². The molecule has 17 heavy (non-hydrogen) atoms. The lowest BCUT2D eigenvalue weighted by Gasteiger charge is -2.12. The molecule has 2 amide bonds. The van der Waals surface area contributed by atoms with Crippen LogP contribution in [0.25, 0.3) is 0 Å². The Hall–Kier alpha value is -0.990. The summed E-state index contributed by atoms with van der Waals surface area (Å²) in [6.07, 6.45) is 2.25. The molecule has 98 valence electrons. The minimum Gasteiger partial charge on any atom is -0.272 e. The zero-order valence-corrected chi connectivity index (χ0v) is 10.4. The SMILES string of the molecule is CCCCCOS(=O)(=O)ON1C(=O)CCC1=O. The first-order chi connectivity index (χ1) is 7.96. The first kappa shape index (κ1) is 14.1. The Bertz CT molecular complexity index is 374. The van der Waals surface area contributed by atoms with E-state index in [0.29, 0.717) is 6.42 Å². The van der Waals surface area contributed by atoms with Gasteiger partial charge in [-0.2, -0.15) is 8.42 Å². The molecule has 0 radical (unpaired) electrons. The number of rotatable bonds is 7. The van der Waals surface area contributed by atoms with E-state index < -0.39 is 22.2 Å².